The lowest BCUT2D eigenvalue weighted by Crippen LogP contribution is -2.40. The molecule has 1 aliphatic rings. The minimum atomic E-state index is -3.82. The van der Waals surface area contributed by atoms with Gasteiger partial charge in [-0.2, -0.15) is 4.72 Å². The van der Waals surface area contributed by atoms with Crippen LogP contribution in [0.5, 0.6) is 0 Å². The van der Waals surface area contributed by atoms with Gasteiger partial charge in [-0.15, -0.1) is 6.42 Å². The molecular formula is C17H20N2O6S. The SMILES string of the molecule is C#CCNS(=O)(=O)c1cccc(C(=O)N2CCC(COC)(C(=O)O)C2)c1. The maximum absolute atomic E-state index is 12.7. The third-order valence-electron chi connectivity index (χ3n) is 4.27. The van der Waals surface area contributed by atoms with E-state index < -0.39 is 27.3 Å². The second-order valence-electron chi connectivity index (χ2n) is 6.05. The summed E-state index contributed by atoms with van der Waals surface area (Å²) >= 11 is 0. The van der Waals surface area contributed by atoms with Crippen molar-refractivity contribution in [1.82, 2.24) is 9.62 Å². The van der Waals surface area contributed by atoms with Crippen LogP contribution in [0, 0.1) is 17.8 Å². The Bertz CT molecular complexity index is 845. The van der Waals surface area contributed by atoms with Gasteiger partial charge < -0.3 is 14.7 Å². The number of nitrogens with one attached hydrogen (secondary N) is 1. The van der Waals surface area contributed by atoms with Crippen LogP contribution in [0.1, 0.15) is 16.8 Å². The lowest BCUT2D eigenvalue weighted by atomic mass is 9.88. The number of amides is 1. The molecule has 1 heterocycles. The topological polar surface area (TPSA) is 113 Å². The Kier molecular flexibility index (Phi) is 6.02. The monoisotopic (exact) mass is 380 g/mol. The van der Waals surface area contributed by atoms with Gasteiger partial charge in [-0.1, -0.05) is 12.0 Å². The lowest BCUT2D eigenvalue weighted by Gasteiger charge is -2.24. The molecule has 1 aromatic rings. The largest absolute Gasteiger partial charge is 0.481 e. The molecule has 1 aromatic carbocycles. The summed E-state index contributed by atoms with van der Waals surface area (Å²) in [6.07, 6.45) is 5.32. The Balaban J connectivity index is 2.23. The fourth-order valence-electron chi connectivity index (χ4n) is 2.88. The summed E-state index contributed by atoms with van der Waals surface area (Å²) in [7, 11) is -2.41. The first-order chi connectivity index (χ1) is 12.3. The van der Waals surface area contributed by atoms with Gasteiger partial charge in [0.1, 0.15) is 5.41 Å². The molecule has 0 spiro atoms. The highest BCUT2D eigenvalue weighted by atomic mass is 32.2. The van der Waals surface area contributed by atoms with Crippen LogP contribution in [0.25, 0.3) is 0 Å². The summed E-state index contributed by atoms with van der Waals surface area (Å²) in [4.78, 5) is 25.6. The van der Waals surface area contributed by atoms with Crippen molar-refractivity contribution in [3.63, 3.8) is 0 Å². The summed E-state index contributed by atoms with van der Waals surface area (Å²) in [5.41, 5.74) is -0.991. The predicted octanol–water partition coefficient (Wildman–Crippen LogP) is 0.161. The molecule has 0 bridgehead atoms. The maximum Gasteiger partial charge on any atom is 0.313 e. The third kappa shape index (κ3) is 4.04. The molecule has 0 radical (unpaired) electrons. The quantitative estimate of drug-likeness (QED) is 0.652. The average molecular weight is 380 g/mol. The van der Waals surface area contributed by atoms with Crippen molar-refractivity contribution < 1.29 is 27.9 Å². The number of methoxy groups -OCH3 is 1. The lowest BCUT2D eigenvalue weighted by molar-refractivity contribution is -0.151. The summed E-state index contributed by atoms with van der Waals surface area (Å²) < 4.78 is 31.5. The van der Waals surface area contributed by atoms with Gasteiger partial charge in [0.2, 0.25) is 10.0 Å². The first-order valence-corrected chi connectivity index (χ1v) is 9.29. The van der Waals surface area contributed by atoms with Gasteiger partial charge in [0, 0.05) is 25.8 Å². The zero-order valence-electron chi connectivity index (χ0n) is 14.3. The van der Waals surface area contributed by atoms with Gasteiger partial charge in [0.25, 0.3) is 5.91 Å². The van der Waals surface area contributed by atoms with Crippen molar-refractivity contribution in [3.05, 3.63) is 29.8 Å². The summed E-state index contributed by atoms with van der Waals surface area (Å²) in [5, 5.41) is 9.48. The van der Waals surface area contributed by atoms with Crippen molar-refractivity contribution in [1.29, 1.82) is 0 Å². The molecule has 1 saturated heterocycles. The van der Waals surface area contributed by atoms with Gasteiger partial charge in [-0.3, -0.25) is 9.59 Å². The maximum atomic E-state index is 12.7. The Labute approximate surface area is 152 Å². The molecule has 1 atom stereocenters. The standard InChI is InChI=1S/C17H20N2O6S/c1-3-8-18-26(23,24)14-6-4-5-13(10-14)15(20)19-9-7-17(11-19,12-25-2)16(21)22/h1,4-6,10,18H,7-9,11-12H2,2H3,(H,21,22). The number of ether oxygens (including phenoxy) is 1. The molecule has 2 rings (SSSR count). The van der Waals surface area contributed by atoms with Crippen molar-refractivity contribution in [2.45, 2.75) is 11.3 Å². The van der Waals surface area contributed by atoms with Gasteiger partial charge in [0.15, 0.2) is 0 Å². The van der Waals surface area contributed by atoms with Crippen LogP contribution in [0.15, 0.2) is 29.2 Å². The molecule has 2 N–H and O–H groups in total. The van der Waals surface area contributed by atoms with Crippen molar-refractivity contribution >= 4 is 21.9 Å². The van der Waals surface area contributed by atoms with Crippen LogP contribution in [-0.4, -0.2) is 63.7 Å². The van der Waals surface area contributed by atoms with E-state index in [-0.39, 0.29) is 43.1 Å². The molecule has 0 aromatic heterocycles. The molecule has 140 valence electrons. The molecule has 1 amide bonds. The van der Waals surface area contributed by atoms with Gasteiger partial charge >= 0.3 is 5.97 Å². The Morgan fingerprint density at radius 1 is 1.46 bits per heavy atom. The fraction of sp³-hybridized carbons (Fsp3) is 0.412. The highest BCUT2D eigenvalue weighted by molar-refractivity contribution is 7.89. The van der Waals surface area contributed by atoms with Crippen LogP contribution >= 0.6 is 0 Å². The molecule has 1 fully saturated rings. The van der Waals surface area contributed by atoms with E-state index in [4.69, 9.17) is 11.2 Å². The highest BCUT2D eigenvalue weighted by Crippen LogP contribution is 2.32. The minimum absolute atomic E-state index is 0.00132. The first-order valence-electron chi connectivity index (χ1n) is 7.80. The molecule has 0 saturated carbocycles. The van der Waals surface area contributed by atoms with Crippen LogP contribution < -0.4 is 4.72 Å². The second-order valence-corrected chi connectivity index (χ2v) is 7.82. The van der Waals surface area contributed by atoms with Crippen LogP contribution in [-0.2, 0) is 19.6 Å². The number of sulfonamides is 1. The number of carbonyl (C=O) groups is 2. The first kappa shape index (κ1) is 19.9. The smallest absolute Gasteiger partial charge is 0.313 e. The number of benzene rings is 1. The zero-order chi connectivity index (χ0) is 19.4. The summed E-state index contributed by atoms with van der Waals surface area (Å²) in [6.45, 7) is 0.0868. The number of hydrogen-bond acceptors (Lipinski definition) is 5. The third-order valence-corrected chi connectivity index (χ3v) is 5.67. The van der Waals surface area contributed by atoms with E-state index in [1.807, 2.05) is 0 Å². The minimum Gasteiger partial charge on any atom is -0.481 e. The summed E-state index contributed by atoms with van der Waals surface area (Å²) in [6, 6.07) is 5.54. The number of carboxylic acids is 1. The Morgan fingerprint density at radius 3 is 2.81 bits per heavy atom. The number of carboxylic acid groups (broad SMARTS) is 1. The van der Waals surface area contributed by atoms with Crippen LogP contribution in [0.4, 0.5) is 0 Å². The molecule has 1 unspecified atom stereocenters. The second kappa shape index (κ2) is 7.86. The van der Waals surface area contributed by atoms with E-state index in [0.717, 1.165) is 0 Å². The van der Waals surface area contributed by atoms with E-state index in [1.165, 1.54) is 36.3 Å². The van der Waals surface area contributed by atoms with E-state index in [0.29, 0.717) is 0 Å². The molecule has 0 aliphatic carbocycles. The van der Waals surface area contributed by atoms with E-state index >= 15 is 0 Å². The molecule has 26 heavy (non-hydrogen) atoms. The van der Waals surface area contributed by atoms with Gasteiger partial charge in [0.05, 0.1) is 18.0 Å². The predicted molar refractivity (Wildman–Crippen MR) is 92.9 cm³/mol. The van der Waals surface area contributed by atoms with Crippen molar-refractivity contribution in [3.8, 4) is 12.3 Å². The number of nitrogens with zero attached hydrogens (tertiary/aromatic N) is 1. The van der Waals surface area contributed by atoms with Gasteiger partial charge in [-0.25, -0.2) is 8.42 Å². The highest BCUT2D eigenvalue weighted by Gasteiger charge is 2.46. The van der Waals surface area contributed by atoms with Crippen LogP contribution in [0.2, 0.25) is 0 Å². The number of aliphatic carboxylic acids is 1. The molecule has 8 nitrogen and oxygen atoms in total. The van der Waals surface area contributed by atoms with Crippen molar-refractivity contribution in [2.24, 2.45) is 5.41 Å². The number of terminal acetylenes is 1. The van der Waals surface area contributed by atoms with Crippen LogP contribution in [0.3, 0.4) is 0 Å². The van der Waals surface area contributed by atoms with E-state index in [2.05, 4.69) is 10.6 Å². The average Bonchev–Trinajstić information content (AvgIpc) is 3.05. The Hall–Kier alpha value is -2.41. The number of rotatable bonds is 7. The molecule has 9 heteroatoms. The number of carbonyl (C=O) groups excluding carboxylic acids is 1. The Morgan fingerprint density at radius 2 is 2.19 bits per heavy atom. The van der Waals surface area contributed by atoms with E-state index in [9.17, 15) is 23.1 Å². The van der Waals surface area contributed by atoms with Crippen molar-refractivity contribution in [2.75, 3.05) is 33.4 Å². The number of hydrogen-bond donors (Lipinski definition) is 2. The number of likely N-dealkylation sites (tertiary alicyclic amines) is 1. The zero-order valence-corrected chi connectivity index (χ0v) is 15.1. The molecular weight excluding hydrogens is 360 g/mol. The molecule has 1 aliphatic heterocycles. The van der Waals surface area contributed by atoms with Gasteiger partial charge in [-0.05, 0) is 24.6 Å². The normalized spacial score (nSPS) is 19.9. The van der Waals surface area contributed by atoms with E-state index in [1.54, 1.807) is 0 Å². The summed E-state index contributed by atoms with van der Waals surface area (Å²) in [5.74, 6) is 0.719. The fourth-order valence-corrected chi connectivity index (χ4v) is 3.85.